The molecule has 0 saturated carbocycles. The molecular formula is C19H24FNO4. The van der Waals surface area contributed by atoms with E-state index >= 15 is 0 Å². The number of carboxylic acid groups (broad SMARTS) is 1. The van der Waals surface area contributed by atoms with Crippen molar-refractivity contribution in [3.05, 3.63) is 36.2 Å². The molecule has 2 aliphatic heterocycles. The number of aliphatic carboxylic acids is 1. The Morgan fingerprint density at radius 3 is 2.72 bits per heavy atom. The highest BCUT2D eigenvalue weighted by atomic mass is 19.1. The fraction of sp³-hybridized carbons (Fsp3) is 0.526. The molecule has 136 valence electrons. The van der Waals surface area contributed by atoms with E-state index in [1.54, 1.807) is 18.2 Å². The highest BCUT2D eigenvalue weighted by Crippen LogP contribution is 2.38. The summed E-state index contributed by atoms with van der Waals surface area (Å²) in [7, 11) is 0. The van der Waals surface area contributed by atoms with Crippen LogP contribution in [-0.2, 0) is 11.3 Å². The Morgan fingerprint density at radius 1 is 1.32 bits per heavy atom. The Labute approximate surface area is 147 Å². The maximum absolute atomic E-state index is 14.6. The summed E-state index contributed by atoms with van der Waals surface area (Å²) in [6.07, 6.45) is 4.22. The lowest BCUT2D eigenvalue weighted by atomic mass is 9.75. The van der Waals surface area contributed by atoms with Crippen LogP contribution in [0.1, 0.15) is 31.2 Å². The molecule has 25 heavy (non-hydrogen) atoms. The number of hydrogen-bond acceptors (Lipinski definition) is 4. The van der Waals surface area contributed by atoms with Crippen molar-refractivity contribution in [2.45, 2.75) is 32.2 Å². The van der Waals surface area contributed by atoms with Gasteiger partial charge in [-0.2, -0.15) is 0 Å². The van der Waals surface area contributed by atoms with Gasteiger partial charge in [0.05, 0.1) is 5.41 Å². The maximum Gasteiger partial charge on any atom is 0.309 e. The SMILES string of the molecule is C=CCCC1(C(=O)O)CCN(Cc2ccc3c(c2F)OCCO3)CC1. The van der Waals surface area contributed by atoms with Crippen LogP contribution in [-0.4, -0.2) is 42.3 Å². The Kier molecular flexibility index (Phi) is 5.27. The molecule has 3 rings (SSSR count). The number of allylic oxidation sites excluding steroid dienone is 1. The number of carboxylic acids is 1. The average molecular weight is 349 g/mol. The minimum absolute atomic E-state index is 0.187. The summed E-state index contributed by atoms with van der Waals surface area (Å²) in [4.78, 5) is 13.8. The molecule has 0 aromatic heterocycles. The van der Waals surface area contributed by atoms with Crippen LogP contribution in [0.3, 0.4) is 0 Å². The molecule has 1 aromatic carbocycles. The Morgan fingerprint density at radius 2 is 2.04 bits per heavy atom. The van der Waals surface area contributed by atoms with Crippen molar-refractivity contribution in [3.63, 3.8) is 0 Å². The first-order valence-electron chi connectivity index (χ1n) is 8.69. The standard InChI is InChI=1S/C19H24FNO4/c1-2-3-6-19(18(22)23)7-9-21(10-8-19)13-14-4-5-15-17(16(14)20)25-12-11-24-15/h2,4-5H,1,3,6-13H2,(H,22,23). The third-order valence-electron chi connectivity index (χ3n) is 5.22. The van der Waals surface area contributed by atoms with Gasteiger partial charge in [0.1, 0.15) is 13.2 Å². The van der Waals surface area contributed by atoms with Crippen LogP contribution in [0.4, 0.5) is 4.39 Å². The number of benzene rings is 1. The molecule has 1 saturated heterocycles. The van der Waals surface area contributed by atoms with Gasteiger partial charge in [-0.25, -0.2) is 4.39 Å². The Balaban J connectivity index is 1.66. The summed E-state index contributed by atoms with van der Waals surface area (Å²) in [5, 5.41) is 9.62. The molecular weight excluding hydrogens is 325 g/mol. The highest BCUT2D eigenvalue weighted by Gasteiger charge is 2.40. The molecule has 5 nitrogen and oxygen atoms in total. The molecule has 2 heterocycles. The number of nitrogens with zero attached hydrogens (tertiary/aromatic N) is 1. The predicted molar refractivity (Wildman–Crippen MR) is 91.4 cm³/mol. The van der Waals surface area contributed by atoms with Gasteiger partial charge in [-0.05, 0) is 44.8 Å². The largest absolute Gasteiger partial charge is 0.486 e. The summed E-state index contributed by atoms with van der Waals surface area (Å²) in [6.45, 7) is 6.18. The minimum Gasteiger partial charge on any atom is -0.486 e. The predicted octanol–water partition coefficient (Wildman–Crippen LogP) is 3.23. The second-order valence-electron chi connectivity index (χ2n) is 6.75. The van der Waals surface area contributed by atoms with Crippen LogP contribution < -0.4 is 9.47 Å². The van der Waals surface area contributed by atoms with Gasteiger partial charge in [-0.1, -0.05) is 12.1 Å². The molecule has 2 aliphatic rings. The Bertz CT molecular complexity index is 653. The van der Waals surface area contributed by atoms with Crippen LogP contribution in [0.25, 0.3) is 0 Å². The lowest BCUT2D eigenvalue weighted by Gasteiger charge is -2.39. The fourth-order valence-corrected chi connectivity index (χ4v) is 3.57. The van der Waals surface area contributed by atoms with Gasteiger partial charge in [0.2, 0.25) is 0 Å². The van der Waals surface area contributed by atoms with Crippen molar-refractivity contribution in [3.8, 4) is 11.5 Å². The number of ether oxygens (including phenoxy) is 2. The number of halogens is 1. The summed E-state index contributed by atoms with van der Waals surface area (Å²) in [6, 6.07) is 3.46. The van der Waals surface area contributed by atoms with Gasteiger partial charge >= 0.3 is 5.97 Å². The summed E-state index contributed by atoms with van der Waals surface area (Å²) < 4.78 is 25.4. The number of fused-ring (bicyclic) bond motifs is 1. The van der Waals surface area contributed by atoms with Crippen molar-refractivity contribution in [1.29, 1.82) is 0 Å². The molecule has 6 heteroatoms. The van der Waals surface area contributed by atoms with Crippen molar-refractivity contribution in [2.75, 3.05) is 26.3 Å². The van der Waals surface area contributed by atoms with Crippen LogP contribution in [0.5, 0.6) is 11.5 Å². The van der Waals surface area contributed by atoms with Gasteiger partial charge in [0.15, 0.2) is 17.3 Å². The summed E-state index contributed by atoms with van der Waals surface area (Å²) >= 11 is 0. The van der Waals surface area contributed by atoms with E-state index in [0.29, 0.717) is 69.8 Å². The quantitative estimate of drug-likeness (QED) is 0.799. The third kappa shape index (κ3) is 3.63. The lowest BCUT2D eigenvalue weighted by Crippen LogP contribution is -2.44. The fourth-order valence-electron chi connectivity index (χ4n) is 3.57. The van der Waals surface area contributed by atoms with E-state index in [2.05, 4.69) is 11.5 Å². The zero-order chi connectivity index (χ0) is 17.9. The number of likely N-dealkylation sites (tertiary alicyclic amines) is 1. The topological polar surface area (TPSA) is 59.0 Å². The van der Waals surface area contributed by atoms with E-state index in [0.717, 1.165) is 0 Å². The highest BCUT2D eigenvalue weighted by molar-refractivity contribution is 5.74. The second-order valence-corrected chi connectivity index (χ2v) is 6.75. The summed E-state index contributed by atoms with van der Waals surface area (Å²) in [5.74, 6) is -0.481. The number of rotatable bonds is 6. The van der Waals surface area contributed by atoms with Crippen molar-refractivity contribution < 1.29 is 23.8 Å². The maximum atomic E-state index is 14.6. The molecule has 0 spiro atoms. The first kappa shape index (κ1) is 17.7. The molecule has 0 amide bonds. The third-order valence-corrected chi connectivity index (χ3v) is 5.22. The van der Waals surface area contributed by atoms with E-state index in [4.69, 9.17) is 9.47 Å². The Hall–Kier alpha value is -2.08. The number of hydrogen-bond donors (Lipinski definition) is 1. The molecule has 0 atom stereocenters. The van der Waals surface area contributed by atoms with E-state index < -0.39 is 11.4 Å². The molecule has 1 N–H and O–H groups in total. The minimum atomic E-state index is -0.737. The lowest BCUT2D eigenvalue weighted by molar-refractivity contribution is -0.152. The smallest absolute Gasteiger partial charge is 0.309 e. The molecule has 0 unspecified atom stereocenters. The van der Waals surface area contributed by atoms with Gasteiger partial charge in [-0.15, -0.1) is 6.58 Å². The van der Waals surface area contributed by atoms with Crippen molar-refractivity contribution in [2.24, 2.45) is 5.41 Å². The molecule has 1 fully saturated rings. The van der Waals surface area contributed by atoms with Crippen LogP contribution >= 0.6 is 0 Å². The van der Waals surface area contributed by atoms with E-state index in [1.807, 2.05) is 0 Å². The zero-order valence-electron chi connectivity index (χ0n) is 14.3. The monoisotopic (exact) mass is 349 g/mol. The van der Waals surface area contributed by atoms with Gasteiger partial charge < -0.3 is 14.6 Å². The van der Waals surface area contributed by atoms with E-state index in [9.17, 15) is 14.3 Å². The van der Waals surface area contributed by atoms with Crippen LogP contribution in [0.2, 0.25) is 0 Å². The molecule has 0 bridgehead atoms. The van der Waals surface area contributed by atoms with E-state index in [1.165, 1.54) is 0 Å². The zero-order valence-corrected chi connectivity index (χ0v) is 14.3. The first-order chi connectivity index (χ1) is 12.1. The molecule has 0 aliphatic carbocycles. The first-order valence-corrected chi connectivity index (χ1v) is 8.69. The van der Waals surface area contributed by atoms with Gasteiger partial charge in [0, 0.05) is 12.1 Å². The van der Waals surface area contributed by atoms with Crippen molar-refractivity contribution in [1.82, 2.24) is 4.90 Å². The van der Waals surface area contributed by atoms with Gasteiger partial charge in [0.25, 0.3) is 0 Å². The number of carbonyl (C=O) groups is 1. The molecule has 1 aromatic rings. The second kappa shape index (κ2) is 7.44. The average Bonchev–Trinajstić information content (AvgIpc) is 2.63. The van der Waals surface area contributed by atoms with E-state index in [-0.39, 0.29) is 11.6 Å². The molecule has 0 radical (unpaired) electrons. The summed E-state index contributed by atoms with van der Waals surface area (Å²) in [5.41, 5.74) is -0.131. The van der Waals surface area contributed by atoms with Gasteiger partial charge in [-0.3, -0.25) is 9.69 Å². The van der Waals surface area contributed by atoms with Crippen molar-refractivity contribution >= 4 is 5.97 Å². The number of piperidine rings is 1. The van der Waals surface area contributed by atoms with Crippen LogP contribution in [0, 0.1) is 11.2 Å². The normalized spacial score (nSPS) is 19.4. The van der Waals surface area contributed by atoms with Crippen LogP contribution in [0.15, 0.2) is 24.8 Å².